The predicted molar refractivity (Wildman–Crippen MR) is 75.9 cm³/mol. The zero-order chi connectivity index (χ0) is 14.7. The fourth-order valence-corrected chi connectivity index (χ4v) is 2.32. The number of aryl methyl sites for hydroxylation is 1. The summed E-state index contributed by atoms with van der Waals surface area (Å²) >= 11 is 0. The molecule has 1 heterocycles. The number of nitrogens with zero attached hydrogens (tertiary/aromatic N) is 2. The van der Waals surface area contributed by atoms with Crippen molar-refractivity contribution in [2.75, 3.05) is 6.61 Å². The van der Waals surface area contributed by atoms with Gasteiger partial charge in [-0.2, -0.15) is 5.10 Å². The molecule has 0 aliphatic rings. The van der Waals surface area contributed by atoms with Crippen molar-refractivity contribution >= 4 is 5.97 Å². The Morgan fingerprint density at radius 2 is 2.05 bits per heavy atom. The number of aliphatic carboxylic acids is 1. The van der Waals surface area contributed by atoms with Crippen LogP contribution in [0, 0.1) is 13.8 Å². The summed E-state index contributed by atoms with van der Waals surface area (Å²) < 4.78 is 7.15. The molecule has 5 nitrogen and oxygen atoms in total. The molecule has 0 aliphatic heterocycles. The number of carbonyl (C=O) groups is 1. The monoisotopic (exact) mass is 274 g/mol. The third-order valence-electron chi connectivity index (χ3n) is 3.12. The van der Waals surface area contributed by atoms with Crippen LogP contribution in [0.15, 0.2) is 24.3 Å². The molecule has 1 aromatic heterocycles. The van der Waals surface area contributed by atoms with E-state index >= 15 is 0 Å². The highest BCUT2D eigenvalue weighted by molar-refractivity contribution is 5.75. The van der Waals surface area contributed by atoms with Crippen molar-refractivity contribution in [3.05, 3.63) is 35.7 Å². The normalized spacial score (nSPS) is 10.6. The highest BCUT2D eigenvalue weighted by Gasteiger charge is 2.17. The quantitative estimate of drug-likeness (QED) is 0.910. The minimum Gasteiger partial charge on any atom is -0.493 e. The number of carboxylic acid groups (broad SMARTS) is 1. The van der Waals surface area contributed by atoms with E-state index in [1.807, 2.05) is 45.0 Å². The summed E-state index contributed by atoms with van der Waals surface area (Å²) in [4.78, 5) is 10.9. The number of para-hydroxylation sites is 1. The molecule has 2 rings (SSSR count). The van der Waals surface area contributed by atoms with Crippen LogP contribution in [0.3, 0.4) is 0 Å². The van der Waals surface area contributed by atoms with Crippen LogP contribution in [0.5, 0.6) is 5.75 Å². The largest absolute Gasteiger partial charge is 0.493 e. The number of rotatable bonds is 5. The first-order chi connectivity index (χ1) is 9.54. The lowest BCUT2D eigenvalue weighted by Gasteiger charge is -2.10. The maximum Gasteiger partial charge on any atom is 0.325 e. The van der Waals surface area contributed by atoms with Crippen molar-refractivity contribution in [2.24, 2.45) is 0 Å². The lowest BCUT2D eigenvalue weighted by atomic mass is 10.0. The minimum absolute atomic E-state index is 0.135. The number of hydrogen-bond donors (Lipinski definition) is 1. The van der Waals surface area contributed by atoms with Crippen LogP contribution in [0.1, 0.15) is 18.3 Å². The van der Waals surface area contributed by atoms with Gasteiger partial charge in [0.25, 0.3) is 0 Å². The van der Waals surface area contributed by atoms with Gasteiger partial charge in [0.15, 0.2) is 0 Å². The number of benzene rings is 1. The molecule has 0 unspecified atom stereocenters. The average Bonchev–Trinajstić information content (AvgIpc) is 2.65. The van der Waals surface area contributed by atoms with Gasteiger partial charge in [-0.05, 0) is 26.8 Å². The standard InChI is InChI=1S/C15H18N2O3/c1-4-20-13-8-6-5-7-12(13)15-10(2)16-17(11(15)3)9-14(18)19/h5-8H,4,9H2,1-3H3,(H,18,19). The van der Waals surface area contributed by atoms with Crippen LogP contribution < -0.4 is 4.74 Å². The predicted octanol–water partition coefficient (Wildman–Crippen LogP) is 2.65. The van der Waals surface area contributed by atoms with Crippen molar-refractivity contribution in [3.63, 3.8) is 0 Å². The first kappa shape index (κ1) is 14.1. The van der Waals surface area contributed by atoms with Crippen LogP contribution in [-0.4, -0.2) is 27.5 Å². The van der Waals surface area contributed by atoms with E-state index in [-0.39, 0.29) is 6.54 Å². The van der Waals surface area contributed by atoms with Gasteiger partial charge >= 0.3 is 5.97 Å². The van der Waals surface area contributed by atoms with Crippen molar-refractivity contribution in [3.8, 4) is 16.9 Å². The molecule has 0 saturated carbocycles. The first-order valence-electron chi connectivity index (χ1n) is 6.52. The second-order valence-corrected chi connectivity index (χ2v) is 4.53. The highest BCUT2D eigenvalue weighted by Crippen LogP contribution is 2.34. The number of ether oxygens (including phenoxy) is 1. The van der Waals surface area contributed by atoms with Crippen LogP contribution in [0.2, 0.25) is 0 Å². The summed E-state index contributed by atoms with van der Waals surface area (Å²) in [5.74, 6) is -0.115. The molecule has 0 atom stereocenters. The third-order valence-corrected chi connectivity index (χ3v) is 3.12. The molecule has 0 saturated heterocycles. The van der Waals surface area contributed by atoms with Crippen molar-refractivity contribution in [2.45, 2.75) is 27.3 Å². The number of aromatic nitrogens is 2. The van der Waals surface area contributed by atoms with E-state index in [0.29, 0.717) is 6.61 Å². The summed E-state index contributed by atoms with van der Waals surface area (Å²) in [6.07, 6.45) is 0. The van der Waals surface area contributed by atoms with E-state index in [4.69, 9.17) is 9.84 Å². The Bertz CT molecular complexity index is 632. The van der Waals surface area contributed by atoms with Crippen LogP contribution in [0.25, 0.3) is 11.1 Å². The van der Waals surface area contributed by atoms with Gasteiger partial charge in [-0.25, -0.2) is 0 Å². The van der Waals surface area contributed by atoms with Gasteiger partial charge in [0.2, 0.25) is 0 Å². The van der Waals surface area contributed by atoms with Crippen molar-refractivity contribution in [1.29, 1.82) is 0 Å². The van der Waals surface area contributed by atoms with E-state index in [1.165, 1.54) is 4.68 Å². The summed E-state index contributed by atoms with van der Waals surface area (Å²) in [6.45, 7) is 6.14. The van der Waals surface area contributed by atoms with Crippen molar-refractivity contribution < 1.29 is 14.6 Å². The molecule has 0 aliphatic carbocycles. The molecule has 20 heavy (non-hydrogen) atoms. The van der Waals surface area contributed by atoms with E-state index in [0.717, 1.165) is 28.3 Å². The summed E-state index contributed by atoms with van der Waals surface area (Å²) in [5, 5.41) is 13.2. The van der Waals surface area contributed by atoms with Gasteiger partial charge < -0.3 is 9.84 Å². The minimum atomic E-state index is -0.903. The lowest BCUT2D eigenvalue weighted by Crippen LogP contribution is -2.11. The fraction of sp³-hybridized carbons (Fsp3) is 0.333. The van der Waals surface area contributed by atoms with Gasteiger partial charge in [-0.15, -0.1) is 0 Å². The molecular weight excluding hydrogens is 256 g/mol. The van der Waals surface area contributed by atoms with Crippen LogP contribution in [-0.2, 0) is 11.3 Å². The molecule has 1 aromatic carbocycles. The van der Waals surface area contributed by atoms with E-state index in [1.54, 1.807) is 0 Å². The van der Waals surface area contributed by atoms with E-state index in [2.05, 4.69) is 5.10 Å². The average molecular weight is 274 g/mol. The highest BCUT2D eigenvalue weighted by atomic mass is 16.5. The Morgan fingerprint density at radius 1 is 1.35 bits per heavy atom. The number of hydrogen-bond acceptors (Lipinski definition) is 3. The number of carboxylic acids is 1. The molecule has 0 fully saturated rings. The zero-order valence-electron chi connectivity index (χ0n) is 11.9. The fourth-order valence-electron chi connectivity index (χ4n) is 2.32. The Hall–Kier alpha value is -2.30. The Labute approximate surface area is 117 Å². The van der Waals surface area contributed by atoms with Gasteiger partial charge in [-0.3, -0.25) is 9.48 Å². The topological polar surface area (TPSA) is 64.4 Å². The van der Waals surface area contributed by atoms with Gasteiger partial charge in [-0.1, -0.05) is 18.2 Å². The van der Waals surface area contributed by atoms with Gasteiger partial charge in [0.1, 0.15) is 12.3 Å². The Kier molecular flexibility index (Phi) is 4.08. The maximum absolute atomic E-state index is 10.9. The molecule has 1 N–H and O–H groups in total. The molecule has 0 amide bonds. The molecular formula is C15H18N2O3. The molecule has 0 radical (unpaired) electrons. The Morgan fingerprint density at radius 3 is 2.70 bits per heavy atom. The SMILES string of the molecule is CCOc1ccccc1-c1c(C)nn(CC(=O)O)c1C. The van der Waals surface area contributed by atoms with Crippen molar-refractivity contribution in [1.82, 2.24) is 9.78 Å². The van der Waals surface area contributed by atoms with Crippen LogP contribution in [0.4, 0.5) is 0 Å². The second kappa shape index (κ2) is 5.77. The summed E-state index contributed by atoms with van der Waals surface area (Å²) in [5.41, 5.74) is 3.52. The first-order valence-corrected chi connectivity index (χ1v) is 6.52. The van der Waals surface area contributed by atoms with E-state index in [9.17, 15) is 4.79 Å². The molecule has 5 heteroatoms. The van der Waals surface area contributed by atoms with Crippen LogP contribution >= 0.6 is 0 Å². The molecule has 2 aromatic rings. The summed E-state index contributed by atoms with van der Waals surface area (Å²) in [6, 6.07) is 7.73. The smallest absolute Gasteiger partial charge is 0.325 e. The lowest BCUT2D eigenvalue weighted by molar-refractivity contribution is -0.137. The molecule has 0 spiro atoms. The van der Waals surface area contributed by atoms with Gasteiger partial charge in [0, 0.05) is 16.8 Å². The Balaban J connectivity index is 2.53. The molecule has 0 bridgehead atoms. The van der Waals surface area contributed by atoms with E-state index < -0.39 is 5.97 Å². The molecule has 106 valence electrons. The third kappa shape index (κ3) is 2.66. The maximum atomic E-state index is 10.9. The summed E-state index contributed by atoms with van der Waals surface area (Å²) in [7, 11) is 0. The van der Waals surface area contributed by atoms with Gasteiger partial charge in [0.05, 0.1) is 12.3 Å². The zero-order valence-corrected chi connectivity index (χ0v) is 11.9. The second-order valence-electron chi connectivity index (χ2n) is 4.53.